The Morgan fingerprint density at radius 2 is 1.79 bits per heavy atom. The Morgan fingerprint density at radius 3 is 2.26 bits per heavy atom. The molecule has 0 bridgehead atoms. The summed E-state index contributed by atoms with van der Waals surface area (Å²) >= 11 is 0. The highest BCUT2D eigenvalue weighted by Crippen LogP contribution is 2.33. The number of aliphatic hydroxyl groups is 1. The molecule has 1 aromatic rings. The summed E-state index contributed by atoms with van der Waals surface area (Å²) in [5.74, 6) is -0.196. The molecule has 3 nitrogen and oxygen atoms in total. The first-order valence-corrected chi connectivity index (χ1v) is 6.69. The lowest BCUT2D eigenvalue weighted by Gasteiger charge is -2.39. The summed E-state index contributed by atoms with van der Waals surface area (Å²) in [6.07, 6.45) is 0.994. The molecule has 104 valence electrons. The van der Waals surface area contributed by atoms with Gasteiger partial charge in [0.2, 0.25) is 5.91 Å². The van der Waals surface area contributed by atoms with Gasteiger partial charge in [-0.1, -0.05) is 26.0 Å². The number of carbonyl (C=O) groups excluding carboxylic acids is 1. The van der Waals surface area contributed by atoms with Crippen LogP contribution in [0.2, 0.25) is 0 Å². The molecule has 1 amide bonds. The van der Waals surface area contributed by atoms with Crippen LogP contribution in [-0.2, 0) is 10.4 Å². The summed E-state index contributed by atoms with van der Waals surface area (Å²) in [4.78, 5) is 13.7. The highest BCUT2D eigenvalue weighted by atomic mass is 19.1. The molecule has 0 radical (unpaired) electrons. The summed E-state index contributed by atoms with van der Waals surface area (Å²) in [5, 5.41) is 10.6. The highest BCUT2D eigenvalue weighted by molar-refractivity contribution is 5.78. The third-order valence-corrected chi connectivity index (χ3v) is 3.78. The van der Waals surface area contributed by atoms with Crippen LogP contribution in [0.3, 0.4) is 0 Å². The molecule has 1 aliphatic heterocycles. The van der Waals surface area contributed by atoms with E-state index >= 15 is 0 Å². The fourth-order valence-electron chi connectivity index (χ4n) is 2.51. The number of hydrogen-bond acceptors (Lipinski definition) is 2. The molecule has 1 N–H and O–H groups in total. The van der Waals surface area contributed by atoms with Gasteiger partial charge in [0.1, 0.15) is 5.82 Å². The average Bonchev–Trinajstić information content (AvgIpc) is 2.39. The van der Waals surface area contributed by atoms with E-state index in [2.05, 4.69) is 0 Å². The molecule has 0 aromatic heterocycles. The second-order valence-electron chi connectivity index (χ2n) is 5.52. The standard InChI is InChI=1S/C15H20FNO2/c1-11(2)14(18)17-9-7-15(19,8-10-17)12-3-5-13(16)6-4-12/h3-6,11,19H,7-10H2,1-2H3. The first-order chi connectivity index (χ1) is 8.92. The molecule has 1 aromatic carbocycles. The molecule has 0 spiro atoms. The van der Waals surface area contributed by atoms with E-state index in [9.17, 15) is 14.3 Å². The number of nitrogens with zero attached hydrogens (tertiary/aromatic N) is 1. The number of hydrogen-bond donors (Lipinski definition) is 1. The predicted octanol–water partition coefficient (Wildman–Crippen LogP) is 2.29. The number of amides is 1. The zero-order valence-electron chi connectivity index (χ0n) is 11.4. The van der Waals surface area contributed by atoms with Crippen LogP contribution >= 0.6 is 0 Å². The quantitative estimate of drug-likeness (QED) is 0.891. The third-order valence-electron chi connectivity index (χ3n) is 3.78. The molecule has 19 heavy (non-hydrogen) atoms. The van der Waals surface area contributed by atoms with Crippen molar-refractivity contribution >= 4 is 5.91 Å². The molecule has 0 saturated carbocycles. The van der Waals surface area contributed by atoms with Gasteiger partial charge < -0.3 is 10.0 Å². The van der Waals surface area contributed by atoms with Crippen molar-refractivity contribution < 1.29 is 14.3 Å². The second kappa shape index (κ2) is 5.29. The van der Waals surface area contributed by atoms with Gasteiger partial charge in [0.05, 0.1) is 5.60 Å². The van der Waals surface area contributed by atoms with Gasteiger partial charge in [-0.3, -0.25) is 4.79 Å². The Hall–Kier alpha value is -1.42. The summed E-state index contributed by atoms with van der Waals surface area (Å²) in [5.41, 5.74) is -0.216. The first kappa shape index (κ1) is 14.0. The van der Waals surface area contributed by atoms with Gasteiger partial charge in [0.15, 0.2) is 0 Å². The van der Waals surface area contributed by atoms with Crippen LogP contribution in [0.5, 0.6) is 0 Å². The second-order valence-corrected chi connectivity index (χ2v) is 5.52. The number of piperidine rings is 1. The number of likely N-dealkylation sites (tertiary alicyclic amines) is 1. The number of halogens is 1. The van der Waals surface area contributed by atoms with E-state index in [1.54, 1.807) is 17.0 Å². The SMILES string of the molecule is CC(C)C(=O)N1CCC(O)(c2ccc(F)cc2)CC1. The van der Waals surface area contributed by atoms with Crippen LogP contribution in [0.25, 0.3) is 0 Å². The van der Waals surface area contributed by atoms with Crippen molar-refractivity contribution in [2.45, 2.75) is 32.3 Å². The lowest BCUT2D eigenvalue weighted by atomic mass is 9.84. The van der Waals surface area contributed by atoms with Crippen molar-refractivity contribution in [1.82, 2.24) is 4.90 Å². The minimum Gasteiger partial charge on any atom is -0.385 e. The Morgan fingerprint density at radius 1 is 1.26 bits per heavy atom. The van der Waals surface area contributed by atoms with Gasteiger partial charge in [0.25, 0.3) is 0 Å². The molecule has 1 saturated heterocycles. The molecule has 0 atom stereocenters. The maximum Gasteiger partial charge on any atom is 0.225 e. The summed E-state index contributed by atoms with van der Waals surface area (Å²) in [6.45, 7) is 4.85. The Balaban J connectivity index is 2.06. The normalized spacial score (nSPS) is 18.7. The van der Waals surface area contributed by atoms with Crippen LogP contribution < -0.4 is 0 Å². The highest BCUT2D eigenvalue weighted by Gasteiger charge is 2.35. The summed E-state index contributed by atoms with van der Waals surface area (Å²) < 4.78 is 12.9. The Bertz CT molecular complexity index is 448. The molecule has 4 heteroatoms. The van der Waals surface area contributed by atoms with Crippen molar-refractivity contribution in [3.8, 4) is 0 Å². The van der Waals surface area contributed by atoms with Gasteiger partial charge in [-0.05, 0) is 30.5 Å². The van der Waals surface area contributed by atoms with Crippen molar-refractivity contribution in [1.29, 1.82) is 0 Å². The van der Waals surface area contributed by atoms with E-state index in [0.717, 1.165) is 5.56 Å². The van der Waals surface area contributed by atoms with Crippen LogP contribution in [0, 0.1) is 11.7 Å². The van der Waals surface area contributed by atoms with Crippen LogP contribution in [0.1, 0.15) is 32.3 Å². The van der Waals surface area contributed by atoms with Crippen molar-refractivity contribution in [2.75, 3.05) is 13.1 Å². The van der Waals surface area contributed by atoms with Gasteiger partial charge in [0, 0.05) is 19.0 Å². The molecule has 1 heterocycles. The van der Waals surface area contributed by atoms with Crippen LogP contribution in [0.15, 0.2) is 24.3 Å². The van der Waals surface area contributed by atoms with Crippen molar-refractivity contribution in [3.63, 3.8) is 0 Å². The molecule has 0 unspecified atom stereocenters. The smallest absolute Gasteiger partial charge is 0.225 e. The van der Waals surface area contributed by atoms with E-state index in [0.29, 0.717) is 25.9 Å². The van der Waals surface area contributed by atoms with Gasteiger partial charge in [-0.25, -0.2) is 4.39 Å². The van der Waals surface area contributed by atoms with Crippen molar-refractivity contribution in [2.24, 2.45) is 5.92 Å². The molecule has 0 aliphatic carbocycles. The van der Waals surface area contributed by atoms with E-state index in [1.165, 1.54) is 12.1 Å². The Labute approximate surface area is 113 Å². The van der Waals surface area contributed by atoms with E-state index in [-0.39, 0.29) is 17.6 Å². The third kappa shape index (κ3) is 2.95. The average molecular weight is 265 g/mol. The van der Waals surface area contributed by atoms with Gasteiger partial charge in [-0.2, -0.15) is 0 Å². The molecule has 2 rings (SSSR count). The van der Waals surface area contributed by atoms with Gasteiger partial charge >= 0.3 is 0 Å². The van der Waals surface area contributed by atoms with Crippen LogP contribution in [-0.4, -0.2) is 29.0 Å². The monoisotopic (exact) mass is 265 g/mol. The maximum absolute atomic E-state index is 12.9. The molecule has 1 fully saturated rings. The summed E-state index contributed by atoms with van der Waals surface area (Å²) in [6, 6.07) is 5.96. The van der Waals surface area contributed by atoms with E-state index < -0.39 is 5.60 Å². The summed E-state index contributed by atoms with van der Waals surface area (Å²) in [7, 11) is 0. The fourth-order valence-corrected chi connectivity index (χ4v) is 2.51. The van der Waals surface area contributed by atoms with E-state index in [4.69, 9.17) is 0 Å². The number of carbonyl (C=O) groups is 1. The zero-order valence-corrected chi connectivity index (χ0v) is 11.4. The molecular weight excluding hydrogens is 245 g/mol. The molecule has 1 aliphatic rings. The lowest BCUT2D eigenvalue weighted by Crippen LogP contribution is -2.46. The van der Waals surface area contributed by atoms with Gasteiger partial charge in [-0.15, -0.1) is 0 Å². The van der Waals surface area contributed by atoms with Crippen molar-refractivity contribution in [3.05, 3.63) is 35.6 Å². The minimum atomic E-state index is -0.943. The number of benzene rings is 1. The fraction of sp³-hybridized carbons (Fsp3) is 0.533. The number of rotatable bonds is 2. The largest absolute Gasteiger partial charge is 0.385 e. The first-order valence-electron chi connectivity index (χ1n) is 6.69. The van der Waals surface area contributed by atoms with E-state index in [1.807, 2.05) is 13.8 Å². The maximum atomic E-state index is 12.9. The Kier molecular flexibility index (Phi) is 3.90. The minimum absolute atomic E-state index is 0.0167. The zero-order chi connectivity index (χ0) is 14.0. The molecular formula is C15H20FNO2. The predicted molar refractivity (Wildman–Crippen MR) is 70.9 cm³/mol. The topological polar surface area (TPSA) is 40.5 Å². The van der Waals surface area contributed by atoms with Crippen LogP contribution in [0.4, 0.5) is 4.39 Å². The lowest BCUT2D eigenvalue weighted by molar-refractivity contribution is -0.139.